The van der Waals surface area contributed by atoms with E-state index in [-0.39, 0.29) is 5.54 Å². The van der Waals surface area contributed by atoms with Crippen LogP contribution in [0.3, 0.4) is 0 Å². The summed E-state index contributed by atoms with van der Waals surface area (Å²) in [5, 5.41) is 0. The largest absolute Gasteiger partial charge is 0.321 e. The molecule has 1 saturated carbocycles. The molecule has 2 aliphatic carbocycles. The molecule has 1 fully saturated rings. The van der Waals surface area contributed by atoms with Crippen LogP contribution in [-0.2, 0) is 12.0 Å². The van der Waals surface area contributed by atoms with Gasteiger partial charge in [0.1, 0.15) is 0 Å². The van der Waals surface area contributed by atoms with E-state index in [1.54, 1.807) is 0 Å². The molecule has 2 atom stereocenters. The topological polar surface area (TPSA) is 26.0 Å². The molecule has 1 heteroatoms. The van der Waals surface area contributed by atoms with Gasteiger partial charge in [-0.05, 0) is 42.7 Å². The van der Waals surface area contributed by atoms with Crippen LogP contribution >= 0.6 is 0 Å². The van der Waals surface area contributed by atoms with Crippen molar-refractivity contribution >= 4 is 0 Å². The number of aryl methyl sites for hydroxylation is 1. The third kappa shape index (κ3) is 1.33. The van der Waals surface area contributed by atoms with Crippen LogP contribution in [0.4, 0.5) is 0 Å². The minimum Gasteiger partial charge on any atom is -0.321 e. The fraction of sp³-hybridized carbons (Fsp3) is 0.571. The van der Waals surface area contributed by atoms with Crippen molar-refractivity contribution in [3.05, 3.63) is 35.4 Å². The van der Waals surface area contributed by atoms with Crippen molar-refractivity contribution in [2.75, 3.05) is 0 Å². The summed E-state index contributed by atoms with van der Waals surface area (Å²) < 4.78 is 0. The van der Waals surface area contributed by atoms with Crippen molar-refractivity contribution in [3.8, 4) is 0 Å². The normalized spacial score (nSPS) is 34.3. The summed E-state index contributed by atoms with van der Waals surface area (Å²) in [5.74, 6) is 0.737. The fourth-order valence-corrected chi connectivity index (χ4v) is 3.55. The average molecular weight is 201 g/mol. The average Bonchev–Trinajstić information content (AvgIpc) is 2.29. The number of fused-ring (bicyclic) bond motifs is 3. The molecule has 0 spiro atoms. The van der Waals surface area contributed by atoms with Crippen LogP contribution in [0, 0.1) is 5.92 Å². The monoisotopic (exact) mass is 201 g/mol. The van der Waals surface area contributed by atoms with Crippen molar-refractivity contribution in [3.63, 3.8) is 0 Å². The van der Waals surface area contributed by atoms with E-state index in [0.717, 1.165) is 5.92 Å². The molecule has 15 heavy (non-hydrogen) atoms. The Kier molecular flexibility index (Phi) is 2.10. The van der Waals surface area contributed by atoms with Gasteiger partial charge in [0.15, 0.2) is 0 Å². The number of rotatable bonds is 0. The summed E-state index contributed by atoms with van der Waals surface area (Å²) in [4.78, 5) is 0. The van der Waals surface area contributed by atoms with Gasteiger partial charge in [-0.2, -0.15) is 0 Å². The van der Waals surface area contributed by atoms with E-state index in [9.17, 15) is 0 Å². The Morgan fingerprint density at radius 3 is 2.93 bits per heavy atom. The van der Waals surface area contributed by atoms with Gasteiger partial charge in [-0.1, -0.05) is 37.1 Å². The fourth-order valence-electron chi connectivity index (χ4n) is 3.55. The van der Waals surface area contributed by atoms with Gasteiger partial charge in [-0.15, -0.1) is 0 Å². The van der Waals surface area contributed by atoms with Gasteiger partial charge in [0, 0.05) is 5.54 Å². The maximum atomic E-state index is 6.68. The number of nitrogens with two attached hydrogens (primary N) is 1. The summed E-state index contributed by atoms with van der Waals surface area (Å²) in [5.41, 5.74) is 9.63. The summed E-state index contributed by atoms with van der Waals surface area (Å²) >= 11 is 0. The molecule has 80 valence electrons. The molecule has 0 aromatic heterocycles. The Labute approximate surface area is 91.7 Å². The van der Waals surface area contributed by atoms with E-state index in [4.69, 9.17) is 5.73 Å². The number of hydrogen-bond acceptors (Lipinski definition) is 1. The summed E-state index contributed by atoms with van der Waals surface area (Å²) in [7, 11) is 0. The van der Waals surface area contributed by atoms with Crippen LogP contribution in [0.1, 0.15) is 43.2 Å². The zero-order chi connectivity index (χ0) is 10.3. The predicted molar refractivity (Wildman–Crippen MR) is 62.6 cm³/mol. The first-order valence-electron chi connectivity index (χ1n) is 6.18. The maximum absolute atomic E-state index is 6.68. The second-order valence-electron chi connectivity index (χ2n) is 5.18. The second-order valence-corrected chi connectivity index (χ2v) is 5.18. The predicted octanol–water partition coefficient (Wildman–Crippen LogP) is 2.98. The van der Waals surface area contributed by atoms with Gasteiger partial charge >= 0.3 is 0 Å². The van der Waals surface area contributed by atoms with Crippen LogP contribution in [-0.4, -0.2) is 0 Å². The standard InChI is InChI=1S/C14H19N/c15-14-10-4-3-6-12(14)9-8-11-5-1-2-7-13(11)14/h1-2,5,7,12H,3-4,6,8-10,15H2/t12?,14-/m0/s1. The molecule has 1 aromatic rings. The minimum atomic E-state index is 0.00704. The van der Waals surface area contributed by atoms with Gasteiger partial charge < -0.3 is 5.73 Å². The van der Waals surface area contributed by atoms with Gasteiger partial charge in [0.05, 0.1) is 0 Å². The van der Waals surface area contributed by atoms with Crippen molar-refractivity contribution in [1.29, 1.82) is 0 Å². The van der Waals surface area contributed by atoms with Crippen molar-refractivity contribution in [2.45, 2.75) is 44.1 Å². The van der Waals surface area contributed by atoms with E-state index in [1.807, 2.05) is 0 Å². The van der Waals surface area contributed by atoms with Gasteiger partial charge in [0.2, 0.25) is 0 Å². The Bertz CT molecular complexity index is 371. The molecule has 0 saturated heterocycles. The lowest BCUT2D eigenvalue weighted by atomic mass is 9.63. The lowest BCUT2D eigenvalue weighted by Gasteiger charge is -2.46. The lowest BCUT2D eigenvalue weighted by molar-refractivity contribution is 0.165. The smallest absolute Gasteiger partial charge is 0.0441 e. The molecular weight excluding hydrogens is 182 g/mol. The van der Waals surface area contributed by atoms with Crippen LogP contribution in [0.2, 0.25) is 0 Å². The molecule has 0 aliphatic heterocycles. The molecule has 0 radical (unpaired) electrons. The Morgan fingerprint density at radius 1 is 1.13 bits per heavy atom. The highest BCUT2D eigenvalue weighted by molar-refractivity contribution is 5.37. The second kappa shape index (κ2) is 3.34. The Balaban J connectivity index is 2.09. The van der Waals surface area contributed by atoms with Gasteiger partial charge in [-0.25, -0.2) is 0 Å². The quantitative estimate of drug-likeness (QED) is 0.686. The molecule has 0 heterocycles. The summed E-state index contributed by atoms with van der Waals surface area (Å²) in [6.45, 7) is 0. The highest BCUT2D eigenvalue weighted by Crippen LogP contribution is 2.46. The van der Waals surface area contributed by atoms with Gasteiger partial charge in [0.25, 0.3) is 0 Å². The lowest BCUT2D eigenvalue weighted by Crippen LogP contribution is -2.49. The molecule has 3 rings (SSSR count). The summed E-state index contributed by atoms with van der Waals surface area (Å²) in [6, 6.07) is 8.80. The van der Waals surface area contributed by atoms with Crippen molar-refractivity contribution < 1.29 is 0 Å². The first-order valence-corrected chi connectivity index (χ1v) is 6.18. The van der Waals surface area contributed by atoms with Crippen LogP contribution in [0.15, 0.2) is 24.3 Å². The Morgan fingerprint density at radius 2 is 2.00 bits per heavy atom. The zero-order valence-electron chi connectivity index (χ0n) is 9.21. The highest BCUT2D eigenvalue weighted by atomic mass is 14.8. The minimum absolute atomic E-state index is 0.00704. The van der Waals surface area contributed by atoms with Crippen molar-refractivity contribution in [1.82, 2.24) is 0 Å². The molecular formula is C14H19N. The SMILES string of the molecule is N[C@@]12CCCCC1CCc1ccccc12. The van der Waals surface area contributed by atoms with E-state index < -0.39 is 0 Å². The van der Waals surface area contributed by atoms with E-state index >= 15 is 0 Å². The van der Waals surface area contributed by atoms with E-state index in [2.05, 4.69) is 24.3 Å². The third-order valence-electron chi connectivity index (χ3n) is 4.40. The molecule has 2 N–H and O–H groups in total. The van der Waals surface area contributed by atoms with Gasteiger partial charge in [-0.3, -0.25) is 0 Å². The maximum Gasteiger partial charge on any atom is 0.0441 e. The molecule has 0 bridgehead atoms. The summed E-state index contributed by atoms with van der Waals surface area (Å²) in [6.07, 6.45) is 7.75. The number of hydrogen-bond donors (Lipinski definition) is 1. The molecule has 2 aliphatic rings. The first kappa shape index (κ1) is 9.41. The molecule has 1 unspecified atom stereocenters. The van der Waals surface area contributed by atoms with Crippen molar-refractivity contribution in [2.24, 2.45) is 11.7 Å². The Hall–Kier alpha value is -0.820. The van der Waals surface area contributed by atoms with E-state index in [0.29, 0.717) is 0 Å². The first-order chi connectivity index (χ1) is 7.31. The molecule has 1 nitrogen and oxygen atoms in total. The van der Waals surface area contributed by atoms with Crippen LogP contribution < -0.4 is 5.73 Å². The van der Waals surface area contributed by atoms with E-state index in [1.165, 1.54) is 49.7 Å². The highest BCUT2D eigenvalue weighted by Gasteiger charge is 2.41. The zero-order valence-corrected chi connectivity index (χ0v) is 9.21. The third-order valence-corrected chi connectivity index (χ3v) is 4.40. The molecule has 0 amide bonds. The number of benzene rings is 1. The van der Waals surface area contributed by atoms with Crippen LogP contribution in [0.25, 0.3) is 0 Å². The molecule has 1 aromatic carbocycles. The van der Waals surface area contributed by atoms with Crippen LogP contribution in [0.5, 0.6) is 0 Å².